The van der Waals surface area contributed by atoms with Crippen molar-refractivity contribution in [3.8, 4) is 0 Å². The Bertz CT molecular complexity index is 706. The van der Waals surface area contributed by atoms with Crippen LogP contribution in [0, 0.1) is 0 Å². The number of nitrogens with zero attached hydrogens (tertiary/aromatic N) is 1. The molecule has 1 aliphatic heterocycles. The van der Waals surface area contributed by atoms with Gasteiger partial charge in [0.25, 0.3) is 5.91 Å². The Morgan fingerprint density at radius 1 is 1.35 bits per heavy atom. The number of carbonyl (C=O) groups excluding carboxylic acids is 1. The fraction of sp³-hybridized carbons (Fsp3) is 0.412. The second-order valence-corrected chi connectivity index (χ2v) is 6.97. The molecular formula is C17H21ClN4O. The van der Waals surface area contributed by atoms with Crippen molar-refractivity contribution in [3.05, 3.63) is 51.8 Å². The molecule has 3 N–H and O–H groups in total. The largest absolute Gasteiger partial charge is 0.350 e. The van der Waals surface area contributed by atoms with Gasteiger partial charge in [0.05, 0.1) is 0 Å². The van der Waals surface area contributed by atoms with Gasteiger partial charge in [-0.1, -0.05) is 37.6 Å². The molecule has 0 spiro atoms. The molecule has 1 aromatic carbocycles. The first-order valence-electron chi connectivity index (χ1n) is 7.78. The molecule has 0 radical (unpaired) electrons. The van der Waals surface area contributed by atoms with Crippen LogP contribution in [0.5, 0.6) is 0 Å². The Balaban J connectivity index is 1.68. The lowest BCUT2D eigenvalue weighted by molar-refractivity contribution is 0.0939. The third-order valence-corrected chi connectivity index (χ3v) is 4.59. The second kappa shape index (κ2) is 6.34. The van der Waals surface area contributed by atoms with Gasteiger partial charge in [0.15, 0.2) is 5.69 Å². The van der Waals surface area contributed by atoms with E-state index < -0.39 is 0 Å². The van der Waals surface area contributed by atoms with Gasteiger partial charge in [-0.2, -0.15) is 5.10 Å². The number of nitrogens with one attached hydrogen (secondary N) is 3. The van der Waals surface area contributed by atoms with E-state index in [4.69, 9.17) is 11.6 Å². The van der Waals surface area contributed by atoms with E-state index in [1.165, 1.54) is 0 Å². The van der Waals surface area contributed by atoms with Crippen LogP contribution in [0.25, 0.3) is 0 Å². The lowest BCUT2D eigenvalue weighted by Crippen LogP contribution is -2.37. The molecule has 0 saturated carbocycles. The molecule has 23 heavy (non-hydrogen) atoms. The number of amides is 1. The van der Waals surface area contributed by atoms with E-state index in [1.807, 2.05) is 24.3 Å². The normalized spacial score (nSPS) is 14.4. The number of H-pyrrole nitrogens is 1. The predicted molar refractivity (Wildman–Crippen MR) is 90.8 cm³/mol. The van der Waals surface area contributed by atoms with Crippen LogP contribution >= 0.6 is 11.6 Å². The molecule has 0 saturated heterocycles. The molecule has 0 unspecified atom stereocenters. The number of carbonyl (C=O) groups is 1. The molecule has 2 heterocycles. The average molecular weight is 333 g/mol. The van der Waals surface area contributed by atoms with E-state index in [-0.39, 0.29) is 11.3 Å². The fourth-order valence-corrected chi connectivity index (χ4v) is 2.93. The summed E-state index contributed by atoms with van der Waals surface area (Å²) in [6, 6.07) is 7.73. The van der Waals surface area contributed by atoms with Gasteiger partial charge in [0.1, 0.15) is 0 Å². The van der Waals surface area contributed by atoms with Gasteiger partial charge in [-0.15, -0.1) is 0 Å². The molecular weight excluding hydrogens is 312 g/mol. The first-order chi connectivity index (χ1) is 11.0. The SMILES string of the molecule is CC(C)(CNC(=O)c1n[nH]c2c1CNCC2)c1ccc(Cl)cc1. The van der Waals surface area contributed by atoms with E-state index >= 15 is 0 Å². The Morgan fingerprint density at radius 3 is 2.83 bits per heavy atom. The number of aromatic nitrogens is 2. The van der Waals surface area contributed by atoms with Crippen LogP contribution in [0.2, 0.25) is 5.02 Å². The Labute approximate surface area is 140 Å². The van der Waals surface area contributed by atoms with Gasteiger partial charge in [0.2, 0.25) is 0 Å². The summed E-state index contributed by atoms with van der Waals surface area (Å²) in [6.07, 6.45) is 0.881. The highest BCUT2D eigenvalue weighted by atomic mass is 35.5. The summed E-state index contributed by atoms with van der Waals surface area (Å²) in [5.74, 6) is -0.131. The van der Waals surface area contributed by atoms with E-state index in [0.29, 0.717) is 23.8 Å². The van der Waals surface area contributed by atoms with Crippen molar-refractivity contribution in [1.82, 2.24) is 20.8 Å². The van der Waals surface area contributed by atoms with Crippen molar-refractivity contribution >= 4 is 17.5 Å². The van der Waals surface area contributed by atoms with Crippen LogP contribution < -0.4 is 10.6 Å². The highest BCUT2D eigenvalue weighted by Crippen LogP contribution is 2.24. The molecule has 0 fully saturated rings. The van der Waals surface area contributed by atoms with Crippen molar-refractivity contribution in [2.45, 2.75) is 32.2 Å². The molecule has 2 aromatic rings. The van der Waals surface area contributed by atoms with Gasteiger partial charge >= 0.3 is 0 Å². The number of hydrogen-bond donors (Lipinski definition) is 3. The van der Waals surface area contributed by atoms with Crippen molar-refractivity contribution in [2.75, 3.05) is 13.1 Å². The quantitative estimate of drug-likeness (QED) is 0.805. The number of fused-ring (bicyclic) bond motifs is 1. The Morgan fingerprint density at radius 2 is 2.09 bits per heavy atom. The van der Waals surface area contributed by atoms with Gasteiger partial charge in [-0.3, -0.25) is 9.89 Å². The van der Waals surface area contributed by atoms with Crippen LogP contribution in [0.4, 0.5) is 0 Å². The lowest BCUT2D eigenvalue weighted by atomic mass is 9.84. The van der Waals surface area contributed by atoms with Gasteiger partial charge in [-0.25, -0.2) is 0 Å². The molecule has 0 atom stereocenters. The maximum Gasteiger partial charge on any atom is 0.272 e. The van der Waals surface area contributed by atoms with Crippen LogP contribution in [0.1, 0.15) is 41.2 Å². The summed E-state index contributed by atoms with van der Waals surface area (Å²) >= 11 is 5.94. The van der Waals surface area contributed by atoms with Crippen LogP contribution in [-0.2, 0) is 18.4 Å². The summed E-state index contributed by atoms with van der Waals surface area (Å²) in [5, 5.41) is 14.2. The molecule has 3 rings (SSSR count). The second-order valence-electron chi connectivity index (χ2n) is 6.53. The van der Waals surface area contributed by atoms with Crippen molar-refractivity contribution in [2.24, 2.45) is 0 Å². The average Bonchev–Trinajstić information content (AvgIpc) is 2.97. The zero-order valence-corrected chi connectivity index (χ0v) is 14.1. The summed E-state index contributed by atoms with van der Waals surface area (Å²) < 4.78 is 0. The number of hydrogen-bond acceptors (Lipinski definition) is 3. The minimum atomic E-state index is -0.186. The number of rotatable bonds is 4. The topological polar surface area (TPSA) is 69.8 Å². The van der Waals surface area contributed by atoms with Crippen LogP contribution in [0.15, 0.2) is 24.3 Å². The maximum atomic E-state index is 12.5. The van der Waals surface area contributed by atoms with Crippen LogP contribution in [-0.4, -0.2) is 29.2 Å². The smallest absolute Gasteiger partial charge is 0.272 e. The maximum absolute atomic E-state index is 12.5. The van der Waals surface area contributed by atoms with Crippen LogP contribution in [0.3, 0.4) is 0 Å². The van der Waals surface area contributed by atoms with Gasteiger partial charge < -0.3 is 10.6 Å². The Kier molecular flexibility index (Phi) is 4.41. The summed E-state index contributed by atoms with van der Waals surface area (Å²) in [4.78, 5) is 12.5. The van der Waals surface area contributed by atoms with E-state index in [2.05, 4.69) is 34.7 Å². The number of halogens is 1. The molecule has 122 valence electrons. The minimum absolute atomic E-state index is 0.131. The van der Waals surface area contributed by atoms with Crippen molar-refractivity contribution in [1.29, 1.82) is 0 Å². The molecule has 5 nitrogen and oxygen atoms in total. The lowest BCUT2D eigenvalue weighted by Gasteiger charge is -2.25. The van der Waals surface area contributed by atoms with Crippen molar-refractivity contribution < 1.29 is 4.79 Å². The zero-order valence-electron chi connectivity index (χ0n) is 13.4. The highest BCUT2D eigenvalue weighted by Gasteiger charge is 2.25. The first kappa shape index (κ1) is 16.0. The molecule has 1 aromatic heterocycles. The molecule has 1 aliphatic rings. The third kappa shape index (κ3) is 3.41. The first-order valence-corrected chi connectivity index (χ1v) is 8.16. The standard InChI is InChI=1S/C17H21ClN4O/c1-17(2,11-3-5-12(18)6-4-11)10-20-16(23)15-13-9-19-8-7-14(13)21-22-15/h3-6,19H,7-10H2,1-2H3,(H,20,23)(H,21,22). The molecule has 0 bridgehead atoms. The van der Waals surface area contributed by atoms with Gasteiger partial charge in [-0.05, 0) is 17.7 Å². The van der Waals surface area contributed by atoms with Crippen molar-refractivity contribution in [3.63, 3.8) is 0 Å². The summed E-state index contributed by atoms with van der Waals surface area (Å²) in [5.41, 5.74) is 3.49. The fourth-order valence-electron chi connectivity index (χ4n) is 2.80. The van der Waals surface area contributed by atoms with E-state index in [9.17, 15) is 4.79 Å². The van der Waals surface area contributed by atoms with E-state index in [1.54, 1.807) is 0 Å². The molecule has 6 heteroatoms. The zero-order chi connectivity index (χ0) is 16.4. The third-order valence-electron chi connectivity index (χ3n) is 4.34. The predicted octanol–water partition coefficient (Wildman–Crippen LogP) is 2.42. The number of benzene rings is 1. The summed E-state index contributed by atoms with van der Waals surface area (Å²) in [6.45, 7) is 6.33. The van der Waals surface area contributed by atoms with Gasteiger partial charge in [0, 0.05) is 47.8 Å². The monoisotopic (exact) mass is 332 g/mol. The Hall–Kier alpha value is -1.85. The summed E-state index contributed by atoms with van der Waals surface area (Å²) in [7, 11) is 0. The van der Waals surface area contributed by atoms with E-state index in [0.717, 1.165) is 29.8 Å². The minimum Gasteiger partial charge on any atom is -0.350 e. The highest BCUT2D eigenvalue weighted by molar-refractivity contribution is 6.30. The molecule has 0 aliphatic carbocycles. The molecule has 1 amide bonds. The number of aromatic amines is 1.